The number of rotatable bonds is 12. The molecule has 3 aliphatic heterocycles. The van der Waals surface area contributed by atoms with Gasteiger partial charge in [0.1, 0.15) is 48.6 Å². The van der Waals surface area contributed by atoms with Crippen LogP contribution in [0.4, 0.5) is 0 Å². The molecule has 0 spiro atoms. The maximum atomic E-state index is 12.0. The lowest BCUT2D eigenvalue weighted by Gasteiger charge is -2.14. The van der Waals surface area contributed by atoms with Gasteiger partial charge in [0, 0.05) is 0 Å². The quantitative estimate of drug-likeness (QED) is 0.0620. The SMILES string of the molecule is C[C@@H](O)[C@H](N)C(=O)O.N[C@@H](COC(=O)[C@@H]1CCCN1)C(=O)O.N[C@@H](Cc1ccc(OC(=O)[C@@H]2CCCN2)cc1)C(=O)OC(=O)[C@@H]1CCCN1. The third-order valence-electron chi connectivity index (χ3n) is 7.66. The Morgan fingerprint density at radius 3 is 1.65 bits per heavy atom. The highest BCUT2D eigenvalue weighted by Crippen LogP contribution is 2.16. The first-order chi connectivity index (χ1) is 23.2. The van der Waals surface area contributed by atoms with Gasteiger partial charge in [-0.3, -0.25) is 14.4 Å². The van der Waals surface area contributed by atoms with Crippen molar-refractivity contribution in [3.8, 4) is 5.75 Å². The first kappa shape index (κ1) is 41.1. The summed E-state index contributed by atoms with van der Waals surface area (Å²) >= 11 is 0. The van der Waals surface area contributed by atoms with Crippen molar-refractivity contribution in [3.05, 3.63) is 29.8 Å². The van der Waals surface area contributed by atoms with Gasteiger partial charge in [0.25, 0.3) is 0 Å². The molecule has 7 atom stereocenters. The Bertz CT molecular complexity index is 1250. The highest BCUT2D eigenvalue weighted by Gasteiger charge is 2.28. The minimum atomic E-state index is -1.18. The number of nitrogens with one attached hydrogen (secondary N) is 3. The molecule has 0 bridgehead atoms. The van der Waals surface area contributed by atoms with Crippen LogP contribution in [0.15, 0.2) is 24.3 Å². The van der Waals surface area contributed by atoms with Crippen molar-refractivity contribution in [2.45, 2.75) is 94.2 Å². The zero-order valence-corrected chi connectivity index (χ0v) is 27.4. The maximum absolute atomic E-state index is 12.0. The van der Waals surface area contributed by atoms with E-state index in [1.54, 1.807) is 24.3 Å². The van der Waals surface area contributed by atoms with Gasteiger partial charge in [-0.2, -0.15) is 0 Å². The van der Waals surface area contributed by atoms with Crippen LogP contribution in [0.3, 0.4) is 0 Å². The average molecular weight is 697 g/mol. The van der Waals surface area contributed by atoms with Gasteiger partial charge in [-0.05, 0) is 89.2 Å². The molecule has 3 fully saturated rings. The van der Waals surface area contributed by atoms with Crippen LogP contribution >= 0.6 is 0 Å². The number of carbonyl (C=O) groups is 6. The second-order valence-corrected chi connectivity index (χ2v) is 11.7. The lowest BCUT2D eigenvalue weighted by molar-refractivity contribution is -0.162. The molecule has 3 aliphatic rings. The lowest BCUT2D eigenvalue weighted by atomic mass is 10.1. The molecular weight excluding hydrogens is 648 g/mol. The summed E-state index contributed by atoms with van der Waals surface area (Å²) in [7, 11) is 0. The minimum Gasteiger partial charge on any atom is -0.480 e. The zero-order valence-electron chi connectivity index (χ0n) is 27.4. The van der Waals surface area contributed by atoms with Crippen LogP contribution in [0, 0.1) is 0 Å². The molecule has 3 saturated heterocycles. The van der Waals surface area contributed by atoms with Crippen molar-refractivity contribution < 1.29 is 58.3 Å². The van der Waals surface area contributed by atoms with Gasteiger partial charge in [0.15, 0.2) is 0 Å². The Labute approximate surface area is 283 Å². The standard InChI is InChI=1S/C19H25N3O5.C8H14N2O4.C4H9NO3/c20-14(17(23)27-19(25)16-4-2-10-22-16)11-12-5-7-13(8-6-12)26-18(24)15-3-1-9-21-15;9-5(7(11)12)4-14-8(13)6-2-1-3-10-6;1-2(6)3(5)4(7)8/h5-8,14-16,21-22H,1-4,9-11,20H2;5-6,10H,1-4,9H2,(H,11,12);2-3,6H,5H2,1H3,(H,7,8)/t14-,15-,16-;5-,6-;2-,3+/m001/s1. The highest BCUT2D eigenvalue weighted by molar-refractivity contribution is 5.91. The highest BCUT2D eigenvalue weighted by atomic mass is 16.6. The second-order valence-electron chi connectivity index (χ2n) is 11.7. The number of nitrogens with two attached hydrogens (primary N) is 3. The van der Waals surface area contributed by atoms with Crippen LogP contribution in [-0.4, -0.2) is 120 Å². The van der Waals surface area contributed by atoms with Crippen LogP contribution in [0.25, 0.3) is 0 Å². The van der Waals surface area contributed by atoms with Gasteiger partial charge >= 0.3 is 35.8 Å². The molecule has 0 unspecified atom stereocenters. The molecule has 49 heavy (non-hydrogen) atoms. The summed E-state index contributed by atoms with van der Waals surface area (Å²) in [5, 5.41) is 34.0. The Morgan fingerprint density at radius 1 is 0.755 bits per heavy atom. The number of aliphatic hydroxyl groups excluding tert-OH is 1. The van der Waals surface area contributed by atoms with Gasteiger partial charge in [-0.25, -0.2) is 14.4 Å². The first-order valence-electron chi connectivity index (χ1n) is 16.0. The molecule has 0 amide bonds. The van der Waals surface area contributed by atoms with Crippen molar-refractivity contribution in [3.63, 3.8) is 0 Å². The number of esters is 4. The summed E-state index contributed by atoms with van der Waals surface area (Å²) < 4.78 is 14.9. The first-order valence-corrected chi connectivity index (χ1v) is 16.0. The summed E-state index contributed by atoms with van der Waals surface area (Å²) in [5.41, 5.74) is 16.7. The van der Waals surface area contributed by atoms with E-state index >= 15 is 0 Å². The van der Waals surface area contributed by atoms with Gasteiger partial charge in [-0.1, -0.05) is 12.1 Å². The summed E-state index contributed by atoms with van der Waals surface area (Å²) in [6, 6.07) is 2.58. The van der Waals surface area contributed by atoms with Gasteiger partial charge in [-0.15, -0.1) is 0 Å². The van der Waals surface area contributed by atoms with E-state index in [9.17, 15) is 28.8 Å². The fourth-order valence-electron chi connectivity index (χ4n) is 4.67. The molecule has 3 heterocycles. The van der Waals surface area contributed by atoms with Crippen molar-refractivity contribution >= 4 is 35.8 Å². The number of aliphatic carboxylic acids is 2. The monoisotopic (exact) mass is 696 g/mol. The number of carboxylic acid groups (broad SMARTS) is 2. The Kier molecular flexibility index (Phi) is 17.7. The molecule has 274 valence electrons. The number of benzene rings is 1. The summed E-state index contributed by atoms with van der Waals surface area (Å²) in [5.74, 6) is -3.93. The number of aliphatic hydroxyl groups is 1. The van der Waals surface area contributed by atoms with Gasteiger partial charge in [0.2, 0.25) is 0 Å². The largest absolute Gasteiger partial charge is 0.480 e. The molecule has 0 aliphatic carbocycles. The molecule has 4 rings (SSSR count). The fourth-order valence-corrected chi connectivity index (χ4v) is 4.67. The minimum absolute atomic E-state index is 0.225. The van der Waals surface area contributed by atoms with Crippen molar-refractivity contribution in [1.82, 2.24) is 16.0 Å². The van der Waals surface area contributed by atoms with E-state index in [-0.39, 0.29) is 31.1 Å². The van der Waals surface area contributed by atoms with Crippen molar-refractivity contribution in [2.75, 3.05) is 26.2 Å². The lowest BCUT2D eigenvalue weighted by Crippen LogP contribution is -2.40. The van der Waals surface area contributed by atoms with E-state index in [1.807, 2.05) is 0 Å². The number of carboxylic acids is 2. The van der Waals surface area contributed by atoms with Crippen molar-refractivity contribution in [2.24, 2.45) is 17.2 Å². The van der Waals surface area contributed by atoms with Crippen LogP contribution in [0.1, 0.15) is 51.0 Å². The normalized spacial score (nSPS) is 22.1. The van der Waals surface area contributed by atoms with Gasteiger partial charge < -0.3 is 62.7 Å². The number of carbonyl (C=O) groups excluding carboxylic acids is 4. The fraction of sp³-hybridized carbons (Fsp3) is 0.613. The molecule has 0 aromatic heterocycles. The predicted octanol–water partition coefficient (Wildman–Crippen LogP) is -2.49. The third kappa shape index (κ3) is 14.9. The zero-order chi connectivity index (χ0) is 36.5. The molecule has 18 heteroatoms. The average Bonchev–Trinajstić information content (AvgIpc) is 3.88. The number of hydrogen-bond acceptors (Lipinski definition) is 16. The van der Waals surface area contributed by atoms with E-state index in [2.05, 4.69) is 16.0 Å². The van der Waals surface area contributed by atoms with E-state index in [1.165, 1.54) is 6.92 Å². The maximum Gasteiger partial charge on any atom is 0.330 e. The van der Waals surface area contributed by atoms with Crippen LogP contribution in [0.5, 0.6) is 5.75 Å². The van der Waals surface area contributed by atoms with E-state index in [4.69, 9.17) is 46.7 Å². The molecular formula is C31H48N6O12. The summed E-state index contributed by atoms with van der Waals surface area (Å²) in [6.07, 6.45) is 4.21. The molecule has 0 radical (unpaired) electrons. The molecule has 1 aromatic carbocycles. The Balaban J connectivity index is 0.000000315. The predicted molar refractivity (Wildman–Crippen MR) is 172 cm³/mol. The molecule has 0 saturated carbocycles. The Hall–Kier alpha value is -4.04. The van der Waals surface area contributed by atoms with E-state index in [0.717, 1.165) is 57.3 Å². The van der Waals surface area contributed by atoms with Crippen molar-refractivity contribution in [1.29, 1.82) is 0 Å². The topological polar surface area (TPSA) is 305 Å². The Morgan fingerprint density at radius 2 is 1.24 bits per heavy atom. The van der Waals surface area contributed by atoms with Crippen LogP contribution < -0.4 is 37.9 Å². The summed E-state index contributed by atoms with van der Waals surface area (Å²) in [6.45, 7) is 3.43. The smallest absolute Gasteiger partial charge is 0.330 e. The molecule has 18 nitrogen and oxygen atoms in total. The molecule has 1 aromatic rings. The van der Waals surface area contributed by atoms with Crippen LogP contribution in [-0.2, 0) is 44.7 Å². The van der Waals surface area contributed by atoms with Crippen LogP contribution in [0.2, 0.25) is 0 Å². The van der Waals surface area contributed by atoms with E-state index in [0.29, 0.717) is 12.2 Å². The molecule has 12 N–H and O–H groups in total. The van der Waals surface area contributed by atoms with Gasteiger partial charge in [0.05, 0.1) is 6.10 Å². The van der Waals surface area contributed by atoms with E-state index < -0.39 is 60.1 Å². The number of hydrogen-bond donors (Lipinski definition) is 9. The summed E-state index contributed by atoms with van der Waals surface area (Å²) in [4.78, 5) is 67.2. The second kappa shape index (κ2) is 21.1. The number of ether oxygens (including phenoxy) is 3. The third-order valence-corrected chi connectivity index (χ3v) is 7.66.